The molecule has 0 aliphatic heterocycles. The number of nitrogens with one attached hydrogen (secondary N) is 2. The van der Waals surface area contributed by atoms with Gasteiger partial charge in [-0.2, -0.15) is 0 Å². The first kappa shape index (κ1) is 21.6. The number of methoxy groups -OCH3 is 1. The number of nitrogens with zero attached hydrogens (tertiary/aromatic N) is 2. The molecule has 0 saturated carbocycles. The fourth-order valence-corrected chi connectivity index (χ4v) is 3.40. The molecule has 0 amide bonds. The molecule has 0 aliphatic rings. The van der Waals surface area contributed by atoms with Crippen LogP contribution in [0, 0.1) is 0 Å². The fraction of sp³-hybridized carbons (Fsp3) is 0.368. The summed E-state index contributed by atoms with van der Waals surface area (Å²) in [5.41, 5.74) is 0.998. The van der Waals surface area contributed by atoms with Crippen LogP contribution in [0.2, 0.25) is 0 Å². The molecule has 3 rings (SSSR count). The quantitative estimate of drug-likeness (QED) is 0.209. The first-order valence-electron chi connectivity index (χ1n) is 8.76. The van der Waals surface area contributed by atoms with E-state index in [1.54, 1.807) is 18.4 Å². The molecule has 2 N–H and O–H groups in total. The SMILES string of the molecule is CCNC(=NCc1ccc(-c2nc3ccccc3s2)o1)NCCCOC.I. The number of hydrogen-bond acceptors (Lipinski definition) is 5. The van der Waals surface area contributed by atoms with E-state index in [9.17, 15) is 0 Å². The minimum atomic E-state index is 0. The largest absolute Gasteiger partial charge is 0.457 e. The molecule has 0 aliphatic carbocycles. The Morgan fingerprint density at radius 1 is 1.22 bits per heavy atom. The smallest absolute Gasteiger partial charge is 0.191 e. The molecule has 0 radical (unpaired) electrons. The van der Waals surface area contributed by atoms with Gasteiger partial charge in [-0.3, -0.25) is 0 Å². The van der Waals surface area contributed by atoms with E-state index in [-0.39, 0.29) is 24.0 Å². The molecule has 0 bridgehead atoms. The van der Waals surface area contributed by atoms with Gasteiger partial charge in [-0.15, -0.1) is 35.3 Å². The van der Waals surface area contributed by atoms with Crippen molar-refractivity contribution in [2.75, 3.05) is 26.8 Å². The van der Waals surface area contributed by atoms with Crippen molar-refractivity contribution in [2.45, 2.75) is 19.9 Å². The van der Waals surface area contributed by atoms with Gasteiger partial charge in [0.2, 0.25) is 0 Å². The summed E-state index contributed by atoms with van der Waals surface area (Å²) in [6.07, 6.45) is 0.934. The molecule has 0 fully saturated rings. The zero-order chi connectivity index (χ0) is 18.2. The van der Waals surface area contributed by atoms with E-state index >= 15 is 0 Å². The molecule has 6 nitrogen and oxygen atoms in total. The third kappa shape index (κ3) is 6.18. The van der Waals surface area contributed by atoms with E-state index in [1.165, 1.54) is 0 Å². The van der Waals surface area contributed by atoms with Crippen LogP contribution in [0.1, 0.15) is 19.1 Å². The topological polar surface area (TPSA) is 71.7 Å². The van der Waals surface area contributed by atoms with Crippen LogP contribution in [0.4, 0.5) is 0 Å². The number of ether oxygens (including phenoxy) is 1. The number of aliphatic imine (C=N–C) groups is 1. The summed E-state index contributed by atoms with van der Waals surface area (Å²) < 4.78 is 12.2. The second-order valence-electron chi connectivity index (χ2n) is 5.72. The van der Waals surface area contributed by atoms with Crippen molar-refractivity contribution in [3.8, 4) is 10.8 Å². The maximum atomic E-state index is 5.94. The number of aromatic nitrogens is 1. The van der Waals surface area contributed by atoms with Crippen molar-refractivity contribution >= 4 is 51.5 Å². The van der Waals surface area contributed by atoms with Gasteiger partial charge in [-0.1, -0.05) is 12.1 Å². The zero-order valence-electron chi connectivity index (χ0n) is 15.5. The van der Waals surface area contributed by atoms with Crippen LogP contribution in [-0.2, 0) is 11.3 Å². The molecule has 3 aromatic rings. The Hall–Kier alpha value is -1.65. The molecule has 0 unspecified atom stereocenters. The maximum Gasteiger partial charge on any atom is 0.191 e. The van der Waals surface area contributed by atoms with Crippen LogP contribution in [0.5, 0.6) is 0 Å². The second-order valence-corrected chi connectivity index (χ2v) is 6.75. The van der Waals surface area contributed by atoms with Gasteiger partial charge in [0.15, 0.2) is 16.7 Å². The highest BCUT2D eigenvalue weighted by molar-refractivity contribution is 14.0. The number of furan rings is 1. The van der Waals surface area contributed by atoms with Crippen LogP contribution < -0.4 is 10.6 Å². The fourth-order valence-electron chi connectivity index (χ4n) is 2.48. The van der Waals surface area contributed by atoms with Gasteiger partial charge in [0.05, 0.1) is 10.2 Å². The lowest BCUT2D eigenvalue weighted by Crippen LogP contribution is -2.38. The maximum absolute atomic E-state index is 5.94. The van der Waals surface area contributed by atoms with Crippen LogP contribution in [0.3, 0.4) is 0 Å². The number of thiazole rings is 1. The Morgan fingerprint density at radius 2 is 2.07 bits per heavy atom. The summed E-state index contributed by atoms with van der Waals surface area (Å²) in [6.45, 7) is 4.88. The number of rotatable bonds is 8. The molecular formula is C19H25IN4O2S. The van der Waals surface area contributed by atoms with Crippen molar-refractivity contribution in [1.82, 2.24) is 15.6 Å². The summed E-state index contributed by atoms with van der Waals surface area (Å²) >= 11 is 1.63. The van der Waals surface area contributed by atoms with E-state index in [1.807, 2.05) is 37.3 Å². The minimum absolute atomic E-state index is 0. The van der Waals surface area contributed by atoms with Crippen molar-refractivity contribution in [3.63, 3.8) is 0 Å². The lowest BCUT2D eigenvalue weighted by atomic mass is 10.3. The molecule has 0 spiro atoms. The summed E-state index contributed by atoms with van der Waals surface area (Å²) in [5.74, 6) is 2.38. The van der Waals surface area contributed by atoms with Crippen molar-refractivity contribution in [3.05, 3.63) is 42.2 Å². The molecular weight excluding hydrogens is 475 g/mol. The first-order chi connectivity index (χ1) is 12.8. The minimum Gasteiger partial charge on any atom is -0.457 e. The second kappa shape index (κ2) is 11.3. The van der Waals surface area contributed by atoms with Crippen LogP contribution >= 0.6 is 35.3 Å². The molecule has 146 valence electrons. The Balaban J connectivity index is 0.00000261. The van der Waals surface area contributed by atoms with Crippen LogP contribution in [0.15, 0.2) is 45.8 Å². The van der Waals surface area contributed by atoms with E-state index < -0.39 is 0 Å². The molecule has 2 aromatic heterocycles. The Bertz CT molecular complexity index is 829. The molecule has 2 heterocycles. The van der Waals surface area contributed by atoms with Gasteiger partial charge < -0.3 is 19.8 Å². The molecule has 27 heavy (non-hydrogen) atoms. The number of halogens is 1. The van der Waals surface area contributed by atoms with E-state index in [4.69, 9.17) is 9.15 Å². The number of fused-ring (bicyclic) bond motifs is 1. The van der Waals surface area contributed by atoms with E-state index in [0.717, 1.165) is 58.8 Å². The summed E-state index contributed by atoms with van der Waals surface area (Å²) in [5, 5.41) is 7.42. The summed E-state index contributed by atoms with van der Waals surface area (Å²) in [4.78, 5) is 9.21. The standard InChI is InChI=1S/C19H24N4O2S.HI/c1-3-20-19(21-11-6-12-24-2)22-13-14-9-10-16(25-14)18-23-15-7-4-5-8-17(15)26-18;/h4-5,7-10H,3,6,11-13H2,1-2H3,(H2,20,21,22);1H. The van der Waals surface area contributed by atoms with Crippen LogP contribution in [-0.4, -0.2) is 37.7 Å². The molecule has 8 heteroatoms. The first-order valence-corrected chi connectivity index (χ1v) is 9.57. The van der Waals surface area contributed by atoms with Crippen LogP contribution in [0.25, 0.3) is 21.0 Å². The third-order valence-corrected chi connectivity index (χ3v) is 4.77. The van der Waals surface area contributed by atoms with Gasteiger partial charge >= 0.3 is 0 Å². The highest BCUT2D eigenvalue weighted by atomic mass is 127. The number of para-hydroxylation sites is 1. The Morgan fingerprint density at radius 3 is 2.85 bits per heavy atom. The number of benzene rings is 1. The zero-order valence-corrected chi connectivity index (χ0v) is 18.7. The van der Waals surface area contributed by atoms with Crippen molar-refractivity contribution < 1.29 is 9.15 Å². The molecule has 1 aromatic carbocycles. The summed E-state index contributed by atoms with van der Waals surface area (Å²) in [6, 6.07) is 12.0. The van der Waals surface area contributed by atoms with Gasteiger partial charge in [0.25, 0.3) is 0 Å². The van der Waals surface area contributed by atoms with E-state index in [2.05, 4.69) is 26.7 Å². The number of hydrogen-bond donors (Lipinski definition) is 2. The van der Waals surface area contributed by atoms with Gasteiger partial charge in [-0.25, -0.2) is 9.98 Å². The van der Waals surface area contributed by atoms with E-state index in [0.29, 0.717) is 6.54 Å². The Labute approximate surface area is 180 Å². The van der Waals surface area contributed by atoms with Crippen molar-refractivity contribution in [1.29, 1.82) is 0 Å². The normalized spacial score (nSPS) is 11.4. The van der Waals surface area contributed by atoms with Gasteiger partial charge in [-0.05, 0) is 37.6 Å². The predicted octanol–water partition coefficient (Wildman–Crippen LogP) is 4.27. The lowest BCUT2D eigenvalue weighted by molar-refractivity contribution is 0.195. The van der Waals surface area contributed by atoms with Crippen molar-refractivity contribution in [2.24, 2.45) is 4.99 Å². The molecule has 0 atom stereocenters. The highest BCUT2D eigenvalue weighted by Crippen LogP contribution is 2.31. The summed E-state index contributed by atoms with van der Waals surface area (Å²) in [7, 11) is 1.71. The molecule has 0 saturated heterocycles. The predicted molar refractivity (Wildman–Crippen MR) is 122 cm³/mol. The third-order valence-electron chi connectivity index (χ3n) is 3.72. The number of guanidine groups is 1. The highest BCUT2D eigenvalue weighted by Gasteiger charge is 2.10. The Kier molecular flexibility index (Phi) is 9.02. The van der Waals surface area contributed by atoms with Gasteiger partial charge in [0, 0.05) is 26.8 Å². The average Bonchev–Trinajstić information content (AvgIpc) is 3.29. The monoisotopic (exact) mass is 500 g/mol. The average molecular weight is 500 g/mol. The van der Waals surface area contributed by atoms with Gasteiger partial charge in [0.1, 0.15) is 12.3 Å². The lowest BCUT2D eigenvalue weighted by Gasteiger charge is -2.10.